The molecule has 0 bridgehead atoms. The number of fused-ring (bicyclic) bond motifs is 1. The van der Waals surface area contributed by atoms with Crippen molar-refractivity contribution in [3.63, 3.8) is 0 Å². The molecule has 1 aliphatic heterocycles. The first-order valence-corrected chi connectivity index (χ1v) is 10.6. The Hall–Kier alpha value is -3.59. The minimum absolute atomic E-state index is 0.111. The molecule has 1 aliphatic rings. The number of benzene rings is 2. The van der Waals surface area contributed by atoms with Gasteiger partial charge in [-0.05, 0) is 55.0 Å². The fraction of sp³-hybridized carbons (Fsp3) is 0.182. The number of aromatic hydroxyl groups is 1. The van der Waals surface area contributed by atoms with E-state index in [1.807, 2.05) is 24.3 Å². The van der Waals surface area contributed by atoms with E-state index in [0.717, 1.165) is 11.3 Å². The predicted molar refractivity (Wildman–Crippen MR) is 118 cm³/mol. The highest BCUT2D eigenvalue weighted by atomic mass is 32.2. The van der Waals surface area contributed by atoms with Crippen LogP contribution in [0, 0.1) is 0 Å². The van der Waals surface area contributed by atoms with Gasteiger partial charge in [-0.1, -0.05) is 23.9 Å². The lowest BCUT2D eigenvalue weighted by Gasteiger charge is -2.16. The van der Waals surface area contributed by atoms with E-state index < -0.39 is 5.97 Å². The molecule has 2 aromatic carbocycles. The quantitative estimate of drug-likeness (QED) is 0.465. The zero-order valence-corrected chi connectivity index (χ0v) is 17.8. The fourth-order valence-electron chi connectivity index (χ4n) is 3.03. The van der Waals surface area contributed by atoms with E-state index in [4.69, 9.17) is 9.47 Å². The number of esters is 1. The molecule has 0 fully saturated rings. The van der Waals surface area contributed by atoms with Gasteiger partial charge in [0.15, 0.2) is 5.82 Å². The number of phenols is 1. The number of hydrogen-bond acceptors (Lipinski definition) is 8. The fourth-order valence-corrected chi connectivity index (χ4v) is 3.86. The molecule has 0 atom stereocenters. The summed E-state index contributed by atoms with van der Waals surface area (Å²) in [7, 11) is 1.61. The molecule has 0 radical (unpaired) electrons. The minimum Gasteiger partial charge on any atom is -0.508 e. The van der Waals surface area contributed by atoms with E-state index in [0.29, 0.717) is 33.6 Å². The first-order valence-electron chi connectivity index (χ1n) is 9.57. The van der Waals surface area contributed by atoms with E-state index in [1.54, 1.807) is 49.1 Å². The molecule has 8 nitrogen and oxygen atoms in total. The van der Waals surface area contributed by atoms with Crippen LogP contribution in [0.5, 0.6) is 11.5 Å². The van der Waals surface area contributed by atoms with Crippen molar-refractivity contribution >= 4 is 29.5 Å². The molecular formula is C22H20N4O4S. The van der Waals surface area contributed by atoms with Crippen molar-refractivity contribution in [2.45, 2.75) is 12.1 Å². The normalized spacial score (nSPS) is 13.4. The SMILES string of the molecule is CCOC(=O)/C(=C\c1cccc(O)c1)C1=Nn2c(nnc2-c2ccc(OC)cc2)SC1. The van der Waals surface area contributed by atoms with Gasteiger partial charge in [0.1, 0.15) is 11.5 Å². The molecule has 3 aromatic rings. The summed E-state index contributed by atoms with van der Waals surface area (Å²) in [6.45, 7) is 1.99. The minimum atomic E-state index is -0.479. The van der Waals surface area contributed by atoms with E-state index in [-0.39, 0.29) is 12.4 Å². The summed E-state index contributed by atoms with van der Waals surface area (Å²) in [5, 5.41) is 23.6. The first-order chi connectivity index (χ1) is 15.1. The van der Waals surface area contributed by atoms with Gasteiger partial charge in [0.05, 0.1) is 25.0 Å². The number of aromatic nitrogens is 3. The maximum atomic E-state index is 12.7. The smallest absolute Gasteiger partial charge is 0.340 e. The lowest BCUT2D eigenvalue weighted by molar-refractivity contribution is -0.137. The monoisotopic (exact) mass is 436 g/mol. The lowest BCUT2D eigenvalue weighted by atomic mass is 10.1. The average molecular weight is 436 g/mol. The second-order valence-corrected chi connectivity index (χ2v) is 7.50. The Balaban J connectivity index is 1.76. The maximum absolute atomic E-state index is 12.7. The predicted octanol–water partition coefficient (Wildman–Crippen LogP) is 3.62. The van der Waals surface area contributed by atoms with Crippen molar-refractivity contribution in [3.05, 3.63) is 59.7 Å². The summed E-state index contributed by atoms with van der Waals surface area (Å²) in [4.78, 5) is 12.7. The third-order valence-corrected chi connectivity index (χ3v) is 5.44. The summed E-state index contributed by atoms with van der Waals surface area (Å²) in [5.41, 5.74) is 2.34. The number of phenolic OH excluding ortho intramolecular Hbond substituents is 1. The highest BCUT2D eigenvalue weighted by Crippen LogP contribution is 2.30. The Bertz CT molecular complexity index is 1170. The van der Waals surface area contributed by atoms with Crippen molar-refractivity contribution < 1.29 is 19.4 Å². The molecule has 0 unspecified atom stereocenters. The molecular weight excluding hydrogens is 416 g/mol. The summed E-state index contributed by atoms with van der Waals surface area (Å²) >= 11 is 1.43. The second-order valence-electron chi connectivity index (χ2n) is 6.56. The molecule has 0 aliphatic carbocycles. The number of methoxy groups -OCH3 is 1. The number of rotatable bonds is 6. The molecule has 4 rings (SSSR count). The number of ether oxygens (including phenoxy) is 2. The van der Waals surface area contributed by atoms with Crippen LogP contribution in [-0.4, -0.2) is 51.1 Å². The maximum Gasteiger partial charge on any atom is 0.340 e. The Morgan fingerprint density at radius 3 is 2.74 bits per heavy atom. The van der Waals surface area contributed by atoms with Gasteiger partial charge in [0, 0.05) is 11.3 Å². The van der Waals surface area contributed by atoms with E-state index in [9.17, 15) is 9.90 Å². The van der Waals surface area contributed by atoms with Crippen LogP contribution in [0.3, 0.4) is 0 Å². The van der Waals surface area contributed by atoms with Crippen LogP contribution in [-0.2, 0) is 9.53 Å². The molecule has 0 saturated heterocycles. The standard InChI is InChI=1S/C22H20N4O4S/c1-3-30-21(28)18(12-14-5-4-6-16(27)11-14)19-13-31-22-24-23-20(26(22)25-19)15-7-9-17(29-2)10-8-15/h4-12,27H,3,13H2,1-2H3/b18-12-. The zero-order valence-electron chi connectivity index (χ0n) is 17.0. The molecule has 9 heteroatoms. The van der Waals surface area contributed by atoms with Gasteiger partial charge in [0.25, 0.3) is 0 Å². The van der Waals surface area contributed by atoms with E-state index in [1.165, 1.54) is 11.8 Å². The van der Waals surface area contributed by atoms with Crippen LogP contribution in [0.4, 0.5) is 0 Å². The Morgan fingerprint density at radius 1 is 1.23 bits per heavy atom. The second kappa shape index (κ2) is 9.05. The van der Waals surface area contributed by atoms with Gasteiger partial charge < -0.3 is 14.6 Å². The summed E-state index contributed by atoms with van der Waals surface area (Å²) in [6.07, 6.45) is 1.67. The number of carbonyl (C=O) groups is 1. The Labute approximate surface area is 183 Å². The zero-order chi connectivity index (χ0) is 21.8. The molecule has 1 N–H and O–H groups in total. The van der Waals surface area contributed by atoms with Crippen molar-refractivity contribution in [2.24, 2.45) is 5.10 Å². The summed E-state index contributed by atoms with van der Waals surface area (Å²) in [6, 6.07) is 14.1. The van der Waals surface area contributed by atoms with Crippen LogP contribution in [0.2, 0.25) is 0 Å². The average Bonchev–Trinajstić information content (AvgIpc) is 3.21. The van der Waals surface area contributed by atoms with Crippen molar-refractivity contribution in [1.82, 2.24) is 14.9 Å². The Morgan fingerprint density at radius 2 is 2.03 bits per heavy atom. The molecule has 158 valence electrons. The van der Waals surface area contributed by atoms with Gasteiger partial charge in [-0.15, -0.1) is 10.2 Å². The van der Waals surface area contributed by atoms with Crippen LogP contribution in [0.1, 0.15) is 12.5 Å². The van der Waals surface area contributed by atoms with Crippen molar-refractivity contribution in [1.29, 1.82) is 0 Å². The molecule has 0 amide bonds. The highest BCUT2D eigenvalue weighted by molar-refractivity contribution is 7.99. The number of hydrogen-bond donors (Lipinski definition) is 1. The van der Waals surface area contributed by atoms with E-state index in [2.05, 4.69) is 15.3 Å². The number of nitrogens with zero attached hydrogens (tertiary/aromatic N) is 4. The van der Waals surface area contributed by atoms with Gasteiger partial charge >= 0.3 is 5.97 Å². The Kier molecular flexibility index (Phi) is 6.03. The molecule has 31 heavy (non-hydrogen) atoms. The number of carbonyl (C=O) groups excluding carboxylic acids is 1. The topological polar surface area (TPSA) is 98.8 Å². The lowest BCUT2D eigenvalue weighted by Crippen LogP contribution is -2.21. The van der Waals surface area contributed by atoms with Gasteiger partial charge in [-0.2, -0.15) is 9.78 Å². The van der Waals surface area contributed by atoms with Crippen LogP contribution >= 0.6 is 11.8 Å². The molecule has 0 saturated carbocycles. The summed E-state index contributed by atoms with van der Waals surface area (Å²) < 4.78 is 12.1. The first kappa shape index (κ1) is 20.7. The molecule has 2 heterocycles. The van der Waals surface area contributed by atoms with Crippen LogP contribution < -0.4 is 4.74 Å². The highest BCUT2D eigenvalue weighted by Gasteiger charge is 2.25. The van der Waals surface area contributed by atoms with Gasteiger partial charge in [0.2, 0.25) is 5.16 Å². The third-order valence-electron chi connectivity index (χ3n) is 4.51. The molecule has 0 spiro atoms. The van der Waals surface area contributed by atoms with Crippen molar-refractivity contribution in [3.8, 4) is 22.9 Å². The van der Waals surface area contributed by atoms with Crippen molar-refractivity contribution in [2.75, 3.05) is 19.5 Å². The van der Waals surface area contributed by atoms with Crippen LogP contribution in [0.15, 0.2) is 64.4 Å². The van der Waals surface area contributed by atoms with Crippen LogP contribution in [0.25, 0.3) is 17.5 Å². The van der Waals surface area contributed by atoms with Gasteiger partial charge in [-0.25, -0.2) is 4.79 Å². The van der Waals surface area contributed by atoms with E-state index >= 15 is 0 Å². The summed E-state index contributed by atoms with van der Waals surface area (Å²) in [5.74, 6) is 1.36. The molecule has 1 aromatic heterocycles. The number of thioether (sulfide) groups is 1. The van der Waals surface area contributed by atoms with Gasteiger partial charge in [-0.3, -0.25) is 0 Å². The third kappa shape index (κ3) is 4.46. The largest absolute Gasteiger partial charge is 0.508 e.